The zero-order valence-corrected chi connectivity index (χ0v) is 9.47. The number of rotatable bonds is 1. The number of nitriles is 1. The Morgan fingerprint density at radius 2 is 2.18 bits per heavy atom. The van der Waals surface area contributed by atoms with E-state index in [9.17, 15) is 4.79 Å². The van der Waals surface area contributed by atoms with Gasteiger partial charge in [0.25, 0.3) is 5.91 Å². The van der Waals surface area contributed by atoms with Crippen molar-refractivity contribution in [2.75, 3.05) is 26.2 Å². The van der Waals surface area contributed by atoms with Crippen LogP contribution in [0.4, 0.5) is 0 Å². The molecule has 86 valence electrons. The maximum absolute atomic E-state index is 12.1. The largest absolute Gasteiger partial charge is 0.329 e. The molecule has 0 spiro atoms. The van der Waals surface area contributed by atoms with Crippen molar-refractivity contribution in [2.45, 2.75) is 6.04 Å². The number of piperazine rings is 1. The zero-order valence-electron chi connectivity index (χ0n) is 9.47. The maximum atomic E-state index is 12.1. The average molecular weight is 227 g/mol. The molecule has 0 N–H and O–H groups in total. The summed E-state index contributed by atoms with van der Waals surface area (Å²) >= 11 is 0. The van der Waals surface area contributed by atoms with E-state index in [1.54, 1.807) is 0 Å². The summed E-state index contributed by atoms with van der Waals surface area (Å²) in [7, 11) is 0. The van der Waals surface area contributed by atoms with Gasteiger partial charge in [0, 0.05) is 25.2 Å². The molecule has 0 bridgehead atoms. The van der Waals surface area contributed by atoms with E-state index < -0.39 is 0 Å². The van der Waals surface area contributed by atoms with Gasteiger partial charge in [-0.25, -0.2) is 0 Å². The van der Waals surface area contributed by atoms with E-state index >= 15 is 0 Å². The summed E-state index contributed by atoms with van der Waals surface area (Å²) in [4.78, 5) is 16.2. The highest BCUT2D eigenvalue weighted by Gasteiger charge is 2.39. The van der Waals surface area contributed by atoms with Gasteiger partial charge in [0.1, 0.15) is 0 Å². The van der Waals surface area contributed by atoms with Crippen LogP contribution in [-0.4, -0.2) is 41.9 Å². The molecule has 0 saturated carbocycles. The normalized spacial score (nSPS) is 23.1. The number of benzene rings is 1. The van der Waals surface area contributed by atoms with Gasteiger partial charge in [-0.15, -0.1) is 0 Å². The molecule has 1 aromatic carbocycles. The highest BCUT2D eigenvalue weighted by molar-refractivity contribution is 5.99. The van der Waals surface area contributed by atoms with Crippen molar-refractivity contribution in [3.63, 3.8) is 0 Å². The molecular formula is C13H13N3O. The molecule has 1 amide bonds. The molecular weight excluding hydrogens is 214 g/mol. The second-order valence-corrected chi connectivity index (χ2v) is 4.49. The summed E-state index contributed by atoms with van der Waals surface area (Å²) in [6.07, 6.45) is 0. The minimum atomic E-state index is 0.140. The van der Waals surface area contributed by atoms with Crippen molar-refractivity contribution in [3.05, 3.63) is 35.4 Å². The van der Waals surface area contributed by atoms with Gasteiger partial charge >= 0.3 is 0 Å². The smallest absolute Gasteiger partial charge is 0.254 e. The second kappa shape index (κ2) is 3.86. The van der Waals surface area contributed by atoms with Crippen LogP contribution in [0.15, 0.2) is 24.3 Å². The van der Waals surface area contributed by atoms with E-state index in [0.717, 1.165) is 30.8 Å². The number of hydrogen-bond acceptors (Lipinski definition) is 3. The van der Waals surface area contributed by atoms with E-state index in [0.29, 0.717) is 6.54 Å². The Hall–Kier alpha value is -1.86. The van der Waals surface area contributed by atoms with Gasteiger partial charge in [0.05, 0.1) is 18.7 Å². The summed E-state index contributed by atoms with van der Waals surface area (Å²) in [6.45, 7) is 2.74. The minimum absolute atomic E-state index is 0.140. The Balaban J connectivity index is 1.93. The Kier molecular flexibility index (Phi) is 2.34. The number of carbonyl (C=O) groups is 1. The van der Waals surface area contributed by atoms with Gasteiger partial charge in [-0.2, -0.15) is 5.26 Å². The predicted octanol–water partition coefficient (Wildman–Crippen LogP) is 1.02. The number of carbonyl (C=O) groups excluding carboxylic acids is 1. The van der Waals surface area contributed by atoms with Gasteiger partial charge in [0.15, 0.2) is 0 Å². The quantitative estimate of drug-likeness (QED) is 0.673. The lowest BCUT2D eigenvalue weighted by Gasteiger charge is -2.36. The highest BCUT2D eigenvalue weighted by atomic mass is 16.2. The first-order valence-corrected chi connectivity index (χ1v) is 5.80. The third-order valence-electron chi connectivity index (χ3n) is 3.57. The molecule has 4 heteroatoms. The molecule has 17 heavy (non-hydrogen) atoms. The van der Waals surface area contributed by atoms with E-state index in [1.807, 2.05) is 29.2 Å². The molecule has 2 aliphatic heterocycles. The zero-order chi connectivity index (χ0) is 11.8. The van der Waals surface area contributed by atoms with Crippen LogP contribution in [0.1, 0.15) is 22.0 Å². The second-order valence-electron chi connectivity index (χ2n) is 4.49. The Morgan fingerprint density at radius 3 is 3.00 bits per heavy atom. The van der Waals surface area contributed by atoms with E-state index in [1.165, 1.54) is 0 Å². The van der Waals surface area contributed by atoms with Crippen LogP contribution < -0.4 is 0 Å². The molecule has 4 nitrogen and oxygen atoms in total. The fourth-order valence-electron chi connectivity index (χ4n) is 2.73. The molecule has 0 unspecified atom stereocenters. The van der Waals surface area contributed by atoms with Crippen LogP contribution in [0.25, 0.3) is 0 Å². The van der Waals surface area contributed by atoms with Gasteiger partial charge < -0.3 is 4.90 Å². The highest BCUT2D eigenvalue weighted by Crippen LogP contribution is 2.35. The summed E-state index contributed by atoms with van der Waals surface area (Å²) < 4.78 is 0. The van der Waals surface area contributed by atoms with Crippen LogP contribution >= 0.6 is 0 Å². The van der Waals surface area contributed by atoms with Crippen molar-refractivity contribution in [2.24, 2.45) is 0 Å². The molecule has 1 atom stereocenters. The molecule has 1 fully saturated rings. The van der Waals surface area contributed by atoms with Crippen LogP contribution in [0.5, 0.6) is 0 Å². The van der Waals surface area contributed by atoms with Crippen molar-refractivity contribution in [1.82, 2.24) is 9.80 Å². The van der Waals surface area contributed by atoms with Crippen LogP contribution in [0.3, 0.4) is 0 Å². The lowest BCUT2D eigenvalue weighted by Crippen LogP contribution is -2.47. The fraction of sp³-hybridized carbons (Fsp3) is 0.385. The first kappa shape index (κ1) is 10.3. The molecule has 2 aliphatic rings. The first-order valence-electron chi connectivity index (χ1n) is 5.80. The lowest BCUT2D eigenvalue weighted by atomic mass is 10.0. The van der Waals surface area contributed by atoms with E-state index in [2.05, 4.69) is 11.0 Å². The Labute approximate surface area is 100 Å². The number of amides is 1. The first-order chi connectivity index (χ1) is 8.31. The number of nitrogens with zero attached hydrogens (tertiary/aromatic N) is 3. The van der Waals surface area contributed by atoms with Gasteiger partial charge in [-0.1, -0.05) is 18.2 Å². The minimum Gasteiger partial charge on any atom is -0.329 e. The molecule has 2 heterocycles. The lowest BCUT2D eigenvalue weighted by molar-refractivity contribution is 0.0549. The van der Waals surface area contributed by atoms with Crippen LogP contribution in [-0.2, 0) is 0 Å². The molecule has 3 rings (SSSR count). The van der Waals surface area contributed by atoms with Crippen molar-refractivity contribution in [3.8, 4) is 6.07 Å². The number of hydrogen-bond donors (Lipinski definition) is 0. The van der Waals surface area contributed by atoms with Gasteiger partial charge in [0.2, 0.25) is 0 Å². The van der Waals surface area contributed by atoms with E-state index in [4.69, 9.17) is 5.26 Å². The number of fused-ring (bicyclic) bond motifs is 3. The van der Waals surface area contributed by atoms with Crippen LogP contribution in [0, 0.1) is 11.3 Å². The third-order valence-corrected chi connectivity index (χ3v) is 3.57. The standard InChI is InChI=1S/C13H13N3O/c14-5-6-15-7-8-16-12(9-15)10-3-1-2-4-11(10)13(16)17/h1-4,12H,6-9H2/t12-/m1/s1. The SMILES string of the molecule is N#CCN1CCN2C(=O)c3ccccc3[C@H]2C1. The molecule has 1 saturated heterocycles. The Morgan fingerprint density at radius 1 is 1.35 bits per heavy atom. The average Bonchev–Trinajstić information content (AvgIpc) is 2.65. The maximum Gasteiger partial charge on any atom is 0.254 e. The van der Waals surface area contributed by atoms with Gasteiger partial charge in [-0.3, -0.25) is 9.69 Å². The third kappa shape index (κ3) is 1.51. The van der Waals surface area contributed by atoms with Crippen molar-refractivity contribution >= 4 is 5.91 Å². The summed E-state index contributed by atoms with van der Waals surface area (Å²) in [5, 5.41) is 8.73. The molecule has 0 aliphatic carbocycles. The Bertz CT molecular complexity index is 506. The van der Waals surface area contributed by atoms with E-state index in [-0.39, 0.29) is 11.9 Å². The molecule has 0 radical (unpaired) electrons. The van der Waals surface area contributed by atoms with Gasteiger partial charge in [-0.05, 0) is 11.6 Å². The fourth-order valence-corrected chi connectivity index (χ4v) is 2.73. The summed E-state index contributed by atoms with van der Waals surface area (Å²) in [5.41, 5.74) is 1.94. The van der Waals surface area contributed by atoms with Crippen molar-refractivity contribution < 1.29 is 4.79 Å². The predicted molar refractivity (Wildman–Crippen MR) is 62.3 cm³/mol. The topological polar surface area (TPSA) is 47.3 Å². The summed E-state index contributed by atoms with van der Waals surface area (Å²) in [6, 6.07) is 10.1. The van der Waals surface area contributed by atoms with Crippen molar-refractivity contribution in [1.29, 1.82) is 5.26 Å². The monoisotopic (exact) mass is 227 g/mol. The summed E-state index contributed by atoms with van der Waals surface area (Å²) in [5.74, 6) is 0.141. The van der Waals surface area contributed by atoms with Crippen LogP contribution in [0.2, 0.25) is 0 Å². The molecule has 0 aromatic heterocycles. The molecule has 1 aromatic rings.